The molecule has 0 radical (unpaired) electrons. The molecule has 0 bridgehead atoms. The summed E-state index contributed by atoms with van der Waals surface area (Å²) in [7, 11) is 0. The summed E-state index contributed by atoms with van der Waals surface area (Å²) in [6.07, 6.45) is 5.16. The first-order valence-electron chi connectivity index (χ1n) is 7.15. The lowest BCUT2D eigenvalue weighted by molar-refractivity contribution is 0.252. The van der Waals surface area contributed by atoms with Crippen molar-refractivity contribution in [1.29, 1.82) is 0 Å². The number of urea groups is 1. The predicted molar refractivity (Wildman–Crippen MR) is 86.9 cm³/mol. The molecule has 0 aliphatic rings. The smallest absolute Gasteiger partial charge is 0.320 e. The Morgan fingerprint density at radius 1 is 1.27 bits per heavy atom. The number of hydrogen-bond donors (Lipinski definition) is 2. The highest BCUT2D eigenvalue weighted by Crippen LogP contribution is 2.28. The first kappa shape index (κ1) is 14.1. The number of nitrogens with zero attached hydrogens (tertiary/aromatic N) is 1. The molecule has 0 saturated heterocycles. The van der Waals surface area contributed by atoms with Gasteiger partial charge in [0.25, 0.3) is 0 Å². The fourth-order valence-electron chi connectivity index (χ4n) is 2.42. The van der Waals surface area contributed by atoms with Gasteiger partial charge in [-0.3, -0.25) is 5.32 Å². The molecule has 0 saturated carbocycles. The van der Waals surface area contributed by atoms with Gasteiger partial charge in [-0.15, -0.1) is 0 Å². The van der Waals surface area contributed by atoms with E-state index in [0.717, 1.165) is 27.5 Å². The van der Waals surface area contributed by atoms with Crippen LogP contribution in [-0.2, 0) is 0 Å². The maximum atomic E-state index is 11.6. The van der Waals surface area contributed by atoms with Gasteiger partial charge < -0.3 is 9.73 Å². The van der Waals surface area contributed by atoms with Crippen molar-refractivity contribution in [1.82, 2.24) is 10.3 Å². The second kappa shape index (κ2) is 5.89. The highest BCUT2D eigenvalue weighted by atomic mass is 16.3. The minimum atomic E-state index is -0.253. The molecule has 0 aliphatic carbocycles. The topological polar surface area (TPSA) is 67.2 Å². The molecular weight excluding hydrogens is 278 g/mol. The van der Waals surface area contributed by atoms with Crippen molar-refractivity contribution in [3.8, 4) is 11.1 Å². The Bertz CT molecular complexity index is 810. The summed E-state index contributed by atoms with van der Waals surface area (Å²) >= 11 is 0. The van der Waals surface area contributed by atoms with E-state index in [9.17, 15) is 4.79 Å². The third kappa shape index (κ3) is 2.79. The van der Waals surface area contributed by atoms with Crippen LogP contribution in [0.3, 0.4) is 0 Å². The number of carbonyl (C=O) groups is 1. The second-order valence-electron chi connectivity index (χ2n) is 5.08. The van der Waals surface area contributed by atoms with Crippen LogP contribution < -0.4 is 10.6 Å². The van der Waals surface area contributed by atoms with Crippen molar-refractivity contribution in [3.05, 3.63) is 48.6 Å². The second-order valence-corrected chi connectivity index (χ2v) is 5.08. The summed E-state index contributed by atoms with van der Waals surface area (Å²) in [6.45, 7) is 4.49. The predicted octanol–water partition coefficient (Wildman–Crippen LogP) is 3.94. The number of pyridine rings is 1. The van der Waals surface area contributed by atoms with Crippen LogP contribution in [0.25, 0.3) is 21.9 Å². The Labute approximate surface area is 128 Å². The fraction of sp³-hybridized carbons (Fsp3) is 0.176. The van der Waals surface area contributed by atoms with Gasteiger partial charge in [0.15, 0.2) is 0 Å². The van der Waals surface area contributed by atoms with Gasteiger partial charge in [0.2, 0.25) is 0 Å². The zero-order valence-electron chi connectivity index (χ0n) is 12.5. The van der Waals surface area contributed by atoms with Gasteiger partial charge in [0.05, 0.1) is 12.5 Å². The lowest BCUT2D eigenvalue weighted by Gasteiger charge is -2.09. The monoisotopic (exact) mass is 295 g/mol. The van der Waals surface area contributed by atoms with Gasteiger partial charge in [-0.1, -0.05) is 6.07 Å². The number of carbonyl (C=O) groups excluding carboxylic acids is 1. The molecule has 5 heteroatoms. The molecular formula is C17H17N3O2. The molecule has 0 aliphatic heterocycles. The van der Waals surface area contributed by atoms with Crippen molar-refractivity contribution in [3.63, 3.8) is 0 Å². The zero-order chi connectivity index (χ0) is 15.5. The number of amides is 2. The van der Waals surface area contributed by atoms with Crippen LogP contribution in [0.5, 0.6) is 0 Å². The number of rotatable bonds is 3. The Hall–Kier alpha value is -2.82. The summed E-state index contributed by atoms with van der Waals surface area (Å²) in [4.78, 5) is 15.9. The number of nitrogens with one attached hydrogen (secondary N) is 2. The Balaban J connectivity index is 2.01. The van der Waals surface area contributed by atoms with Crippen molar-refractivity contribution in [2.75, 3.05) is 11.9 Å². The maximum Gasteiger partial charge on any atom is 0.320 e. The van der Waals surface area contributed by atoms with Gasteiger partial charge in [-0.05, 0) is 48.6 Å². The van der Waals surface area contributed by atoms with E-state index in [1.54, 1.807) is 18.7 Å². The number of hydrogen-bond acceptors (Lipinski definition) is 3. The van der Waals surface area contributed by atoms with Crippen LogP contribution in [0.1, 0.15) is 12.5 Å². The van der Waals surface area contributed by atoms with Gasteiger partial charge in [0, 0.05) is 23.7 Å². The zero-order valence-corrected chi connectivity index (χ0v) is 12.5. The van der Waals surface area contributed by atoms with E-state index in [1.807, 2.05) is 26.0 Å². The first-order valence-corrected chi connectivity index (χ1v) is 7.15. The quantitative estimate of drug-likeness (QED) is 0.769. The van der Waals surface area contributed by atoms with Gasteiger partial charge in [-0.25, -0.2) is 9.78 Å². The standard InChI is InChI=1S/C17H17N3O2/c1-3-18-17(21)20-16-8-14-7-13(12-4-5-22-10-12)6-11(2)15(14)9-19-16/h4-10H,3H2,1-2H3,(H2,18,19,20,21). The molecule has 5 nitrogen and oxygen atoms in total. The lowest BCUT2D eigenvalue weighted by atomic mass is 10.0. The van der Waals surface area contributed by atoms with E-state index < -0.39 is 0 Å². The number of aryl methyl sites for hydroxylation is 1. The van der Waals surface area contributed by atoms with Crippen molar-refractivity contribution < 1.29 is 9.21 Å². The third-order valence-electron chi connectivity index (χ3n) is 3.48. The van der Waals surface area contributed by atoms with Gasteiger partial charge in [0.1, 0.15) is 5.82 Å². The van der Waals surface area contributed by atoms with Crippen molar-refractivity contribution >= 4 is 22.6 Å². The Morgan fingerprint density at radius 2 is 2.14 bits per heavy atom. The van der Waals surface area contributed by atoms with Crippen LogP contribution in [-0.4, -0.2) is 17.6 Å². The van der Waals surface area contributed by atoms with E-state index in [0.29, 0.717) is 12.4 Å². The van der Waals surface area contributed by atoms with Crippen molar-refractivity contribution in [2.45, 2.75) is 13.8 Å². The number of benzene rings is 1. The van der Waals surface area contributed by atoms with Crippen LogP contribution in [0.2, 0.25) is 0 Å². The summed E-state index contributed by atoms with van der Waals surface area (Å²) in [5.41, 5.74) is 3.24. The minimum Gasteiger partial charge on any atom is -0.472 e. The molecule has 0 spiro atoms. The largest absolute Gasteiger partial charge is 0.472 e. The molecule has 2 aromatic heterocycles. The van der Waals surface area contributed by atoms with Crippen LogP contribution >= 0.6 is 0 Å². The van der Waals surface area contributed by atoms with Gasteiger partial charge >= 0.3 is 6.03 Å². The van der Waals surface area contributed by atoms with Gasteiger partial charge in [-0.2, -0.15) is 0 Å². The highest BCUT2D eigenvalue weighted by Gasteiger charge is 2.07. The van der Waals surface area contributed by atoms with Crippen LogP contribution in [0.4, 0.5) is 10.6 Å². The number of anilines is 1. The van der Waals surface area contributed by atoms with E-state index in [4.69, 9.17) is 4.42 Å². The van der Waals surface area contributed by atoms with E-state index in [1.165, 1.54) is 0 Å². The average molecular weight is 295 g/mol. The molecule has 2 N–H and O–H groups in total. The minimum absolute atomic E-state index is 0.253. The molecule has 112 valence electrons. The first-order chi connectivity index (χ1) is 10.7. The third-order valence-corrected chi connectivity index (χ3v) is 3.48. The molecule has 22 heavy (non-hydrogen) atoms. The number of aromatic nitrogens is 1. The summed E-state index contributed by atoms with van der Waals surface area (Å²) in [5, 5.41) is 7.50. The molecule has 0 fully saturated rings. The molecule has 2 heterocycles. The van der Waals surface area contributed by atoms with Crippen molar-refractivity contribution in [2.24, 2.45) is 0 Å². The molecule has 3 rings (SSSR count). The maximum absolute atomic E-state index is 11.6. The molecule has 0 unspecified atom stereocenters. The molecule has 0 atom stereocenters. The van der Waals surface area contributed by atoms with Crippen LogP contribution in [0, 0.1) is 6.92 Å². The highest BCUT2D eigenvalue weighted by molar-refractivity contribution is 5.94. The van der Waals surface area contributed by atoms with E-state index in [2.05, 4.69) is 27.8 Å². The molecule has 1 aromatic carbocycles. The number of furan rings is 1. The lowest BCUT2D eigenvalue weighted by Crippen LogP contribution is -2.28. The molecule has 2 amide bonds. The Morgan fingerprint density at radius 3 is 2.86 bits per heavy atom. The Kier molecular flexibility index (Phi) is 3.78. The SMILES string of the molecule is CCNC(=O)Nc1cc2cc(-c3ccoc3)cc(C)c2cn1. The summed E-state index contributed by atoms with van der Waals surface area (Å²) < 4.78 is 5.15. The average Bonchev–Trinajstić information content (AvgIpc) is 3.01. The molecule has 3 aromatic rings. The van der Waals surface area contributed by atoms with E-state index >= 15 is 0 Å². The van der Waals surface area contributed by atoms with E-state index in [-0.39, 0.29) is 6.03 Å². The van der Waals surface area contributed by atoms with Crippen LogP contribution in [0.15, 0.2) is 47.4 Å². The summed E-state index contributed by atoms with van der Waals surface area (Å²) in [5.74, 6) is 0.530. The summed E-state index contributed by atoms with van der Waals surface area (Å²) in [6, 6.07) is 7.72. The normalized spacial score (nSPS) is 10.6. The fourth-order valence-corrected chi connectivity index (χ4v) is 2.42. The number of fused-ring (bicyclic) bond motifs is 1.